The average molecular weight is 345 g/mol. The molecule has 2 aromatic rings. The predicted molar refractivity (Wildman–Crippen MR) is 70.3 cm³/mol. The fourth-order valence-corrected chi connectivity index (χ4v) is 2.04. The number of ketones is 1. The first-order chi connectivity index (χ1) is 9.49. The molecule has 0 bridgehead atoms. The second-order valence-corrected chi connectivity index (χ2v) is 4.74. The van der Waals surface area contributed by atoms with E-state index in [1.807, 2.05) is 0 Å². The van der Waals surface area contributed by atoms with Crippen molar-refractivity contribution in [3.8, 4) is 5.75 Å². The van der Waals surface area contributed by atoms with E-state index in [0.717, 1.165) is 24.3 Å². The van der Waals surface area contributed by atoms with E-state index < -0.39 is 35.4 Å². The maximum atomic E-state index is 13.4. The highest BCUT2D eigenvalue weighted by Gasteiger charge is 2.17. The van der Waals surface area contributed by atoms with Crippen LogP contribution in [0.3, 0.4) is 0 Å². The highest BCUT2D eigenvalue weighted by molar-refractivity contribution is 9.10. The van der Waals surface area contributed by atoms with Crippen molar-refractivity contribution in [2.45, 2.75) is 0 Å². The molecule has 6 heteroatoms. The summed E-state index contributed by atoms with van der Waals surface area (Å²) in [4.78, 5) is 11.7. The van der Waals surface area contributed by atoms with Crippen molar-refractivity contribution in [3.05, 3.63) is 63.9 Å². The number of ether oxygens (including phenoxy) is 1. The summed E-state index contributed by atoms with van der Waals surface area (Å²) in [6.07, 6.45) is 0. The van der Waals surface area contributed by atoms with Crippen LogP contribution in [0.2, 0.25) is 0 Å². The van der Waals surface area contributed by atoms with Gasteiger partial charge >= 0.3 is 0 Å². The van der Waals surface area contributed by atoms with Crippen molar-refractivity contribution in [2.24, 2.45) is 0 Å². The van der Waals surface area contributed by atoms with Gasteiger partial charge in [-0.2, -0.15) is 0 Å². The van der Waals surface area contributed by atoms with E-state index in [4.69, 9.17) is 4.74 Å². The van der Waals surface area contributed by atoms with E-state index in [2.05, 4.69) is 15.9 Å². The van der Waals surface area contributed by atoms with Crippen molar-refractivity contribution in [2.75, 3.05) is 6.61 Å². The average Bonchev–Trinajstić information content (AvgIpc) is 2.37. The zero-order valence-electron chi connectivity index (χ0n) is 10.00. The molecule has 0 aliphatic heterocycles. The monoisotopic (exact) mass is 344 g/mol. The SMILES string of the molecule is O=C(COc1ccc(F)cc1Br)c1c(F)cccc1F. The molecule has 0 heterocycles. The molecule has 20 heavy (non-hydrogen) atoms. The van der Waals surface area contributed by atoms with Gasteiger partial charge in [-0.1, -0.05) is 6.07 Å². The highest BCUT2D eigenvalue weighted by Crippen LogP contribution is 2.25. The first-order valence-electron chi connectivity index (χ1n) is 5.54. The maximum Gasteiger partial charge on any atom is 0.206 e. The van der Waals surface area contributed by atoms with Gasteiger partial charge in [0.15, 0.2) is 6.61 Å². The van der Waals surface area contributed by atoms with Gasteiger partial charge in [0.1, 0.15) is 23.2 Å². The fraction of sp³-hybridized carbons (Fsp3) is 0.0714. The van der Waals surface area contributed by atoms with Gasteiger partial charge in [-0.05, 0) is 46.3 Å². The van der Waals surface area contributed by atoms with Crippen LogP contribution in [0.4, 0.5) is 13.2 Å². The Bertz CT molecular complexity index is 639. The smallest absolute Gasteiger partial charge is 0.206 e. The predicted octanol–water partition coefficient (Wildman–Crippen LogP) is 4.13. The third-order valence-corrected chi connectivity index (χ3v) is 3.11. The molecule has 2 rings (SSSR count). The number of hydrogen-bond acceptors (Lipinski definition) is 2. The molecule has 0 amide bonds. The van der Waals surface area contributed by atoms with E-state index in [0.29, 0.717) is 4.47 Å². The zero-order chi connectivity index (χ0) is 14.7. The molecule has 2 nitrogen and oxygen atoms in total. The lowest BCUT2D eigenvalue weighted by atomic mass is 10.1. The lowest BCUT2D eigenvalue weighted by Crippen LogP contribution is -2.15. The largest absolute Gasteiger partial charge is 0.484 e. The van der Waals surface area contributed by atoms with Crippen molar-refractivity contribution >= 4 is 21.7 Å². The lowest BCUT2D eigenvalue weighted by Gasteiger charge is -2.08. The molecular weight excluding hydrogens is 337 g/mol. The third kappa shape index (κ3) is 3.19. The maximum absolute atomic E-state index is 13.4. The molecule has 2 aromatic carbocycles. The molecule has 0 atom stereocenters. The van der Waals surface area contributed by atoms with E-state index in [-0.39, 0.29) is 5.75 Å². The minimum Gasteiger partial charge on any atom is -0.484 e. The number of carbonyl (C=O) groups excluding carboxylic acids is 1. The van der Waals surface area contributed by atoms with Gasteiger partial charge < -0.3 is 4.74 Å². The minimum absolute atomic E-state index is 0.205. The Labute approximate surface area is 121 Å². The van der Waals surface area contributed by atoms with E-state index in [1.165, 1.54) is 12.1 Å². The number of halogens is 4. The van der Waals surface area contributed by atoms with Crippen molar-refractivity contribution in [3.63, 3.8) is 0 Å². The summed E-state index contributed by atoms with van der Waals surface area (Å²) in [5, 5.41) is 0. The molecule has 0 saturated heterocycles. The summed E-state index contributed by atoms with van der Waals surface area (Å²) in [5.41, 5.74) is -0.647. The molecule has 0 aromatic heterocycles. The van der Waals surface area contributed by atoms with Crippen molar-refractivity contribution < 1.29 is 22.7 Å². The van der Waals surface area contributed by atoms with Gasteiger partial charge in [0.05, 0.1) is 10.0 Å². The molecule has 104 valence electrons. The van der Waals surface area contributed by atoms with Gasteiger partial charge in [-0.25, -0.2) is 13.2 Å². The second kappa shape index (κ2) is 6.09. The topological polar surface area (TPSA) is 26.3 Å². The summed E-state index contributed by atoms with van der Waals surface area (Å²) < 4.78 is 45.1. The van der Waals surface area contributed by atoms with Crippen LogP contribution >= 0.6 is 15.9 Å². The molecule has 0 N–H and O–H groups in total. The third-order valence-electron chi connectivity index (χ3n) is 2.49. The van der Waals surface area contributed by atoms with Gasteiger partial charge in [-0.15, -0.1) is 0 Å². The standard InChI is InChI=1S/C14H8BrF3O2/c15-9-6-8(16)4-5-13(9)20-7-12(19)14-10(17)2-1-3-11(14)18/h1-6H,7H2. The van der Waals surface area contributed by atoms with Crippen LogP contribution in [0, 0.1) is 17.5 Å². The normalized spacial score (nSPS) is 10.4. The molecular formula is C14H8BrF3O2. The Morgan fingerprint density at radius 2 is 1.75 bits per heavy atom. The van der Waals surface area contributed by atoms with Crippen LogP contribution in [0.15, 0.2) is 40.9 Å². The summed E-state index contributed by atoms with van der Waals surface area (Å²) in [6.45, 7) is -0.553. The Kier molecular flexibility index (Phi) is 4.44. The van der Waals surface area contributed by atoms with Gasteiger partial charge in [-0.3, -0.25) is 4.79 Å². The van der Waals surface area contributed by atoms with Gasteiger partial charge in [0.25, 0.3) is 0 Å². The lowest BCUT2D eigenvalue weighted by molar-refractivity contribution is 0.0912. The number of carbonyl (C=O) groups is 1. The van der Waals surface area contributed by atoms with Gasteiger partial charge in [0.2, 0.25) is 5.78 Å². The van der Waals surface area contributed by atoms with Crippen LogP contribution in [0.1, 0.15) is 10.4 Å². The van der Waals surface area contributed by atoms with E-state index in [1.54, 1.807) is 0 Å². The quantitative estimate of drug-likeness (QED) is 0.779. The van der Waals surface area contributed by atoms with Crippen LogP contribution in [0.25, 0.3) is 0 Å². The molecule has 0 fully saturated rings. The van der Waals surface area contributed by atoms with E-state index in [9.17, 15) is 18.0 Å². The first-order valence-corrected chi connectivity index (χ1v) is 6.33. The first kappa shape index (κ1) is 14.6. The molecule has 0 unspecified atom stereocenters. The zero-order valence-corrected chi connectivity index (χ0v) is 11.6. The Hall–Kier alpha value is -1.82. The summed E-state index contributed by atoms with van der Waals surface area (Å²) in [5.74, 6) is -3.00. The summed E-state index contributed by atoms with van der Waals surface area (Å²) >= 11 is 3.06. The van der Waals surface area contributed by atoms with Crippen molar-refractivity contribution in [1.82, 2.24) is 0 Å². The number of Topliss-reactive ketones (excluding diaryl/α,β-unsaturated/α-hetero) is 1. The Morgan fingerprint density at radius 3 is 2.35 bits per heavy atom. The van der Waals surface area contributed by atoms with Crippen LogP contribution in [-0.4, -0.2) is 12.4 Å². The Morgan fingerprint density at radius 1 is 1.10 bits per heavy atom. The van der Waals surface area contributed by atoms with Crippen LogP contribution in [0.5, 0.6) is 5.75 Å². The fourth-order valence-electron chi connectivity index (χ4n) is 1.57. The number of hydrogen-bond donors (Lipinski definition) is 0. The van der Waals surface area contributed by atoms with Gasteiger partial charge in [0, 0.05) is 0 Å². The molecule has 0 spiro atoms. The molecule has 0 aliphatic rings. The molecule has 0 radical (unpaired) electrons. The van der Waals surface area contributed by atoms with Crippen LogP contribution in [-0.2, 0) is 0 Å². The highest BCUT2D eigenvalue weighted by atomic mass is 79.9. The van der Waals surface area contributed by atoms with E-state index >= 15 is 0 Å². The second-order valence-electron chi connectivity index (χ2n) is 3.88. The van der Waals surface area contributed by atoms with Crippen molar-refractivity contribution in [1.29, 1.82) is 0 Å². The molecule has 0 aliphatic carbocycles. The summed E-state index contributed by atoms with van der Waals surface area (Å²) in [7, 11) is 0. The number of benzene rings is 2. The number of rotatable bonds is 4. The minimum atomic E-state index is -0.947. The summed E-state index contributed by atoms with van der Waals surface area (Å²) in [6, 6.07) is 6.76. The molecule has 0 saturated carbocycles. The van der Waals surface area contributed by atoms with Crippen LogP contribution < -0.4 is 4.74 Å². The Balaban J connectivity index is 2.13.